The van der Waals surface area contributed by atoms with E-state index in [1.165, 1.54) is 0 Å². The number of hydrogen-bond donors (Lipinski definition) is 1. The molecule has 0 amide bonds. The number of hydrogen-bond acceptors (Lipinski definition) is 4. The monoisotopic (exact) mass is 347 g/mol. The van der Waals surface area contributed by atoms with Crippen LogP contribution in [0.3, 0.4) is 0 Å². The van der Waals surface area contributed by atoms with Crippen molar-refractivity contribution >= 4 is 10.0 Å². The normalized spacial score (nSPS) is 17.0. The van der Waals surface area contributed by atoms with Crippen LogP contribution in [0.25, 0.3) is 0 Å². The van der Waals surface area contributed by atoms with E-state index in [0.717, 1.165) is 28.2 Å². The van der Waals surface area contributed by atoms with Gasteiger partial charge in [0.1, 0.15) is 18.1 Å². The fourth-order valence-electron chi connectivity index (χ4n) is 2.95. The highest BCUT2D eigenvalue weighted by atomic mass is 32.2. The summed E-state index contributed by atoms with van der Waals surface area (Å²) in [5.74, 6) is 1.51. The molecule has 0 aliphatic carbocycles. The topological polar surface area (TPSA) is 64.6 Å². The fraction of sp³-hybridized carbons (Fsp3) is 0.333. The van der Waals surface area contributed by atoms with E-state index in [0.29, 0.717) is 13.0 Å². The van der Waals surface area contributed by atoms with E-state index in [9.17, 15) is 8.42 Å². The summed E-state index contributed by atoms with van der Waals surface area (Å²) < 4.78 is 38.9. The first-order valence-corrected chi connectivity index (χ1v) is 9.26. The van der Waals surface area contributed by atoms with E-state index in [1.54, 1.807) is 19.2 Å². The van der Waals surface area contributed by atoms with Gasteiger partial charge in [-0.2, -0.15) is 0 Å². The van der Waals surface area contributed by atoms with Gasteiger partial charge in [-0.1, -0.05) is 6.07 Å². The Morgan fingerprint density at radius 3 is 2.50 bits per heavy atom. The lowest BCUT2D eigenvalue weighted by Crippen LogP contribution is -2.42. The minimum Gasteiger partial charge on any atom is -0.497 e. The summed E-state index contributed by atoms with van der Waals surface area (Å²) in [6.07, 6.45) is 0.566. The molecule has 1 N–H and O–H groups in total. The highest BCUT2D eigenvalue weighted by Crippen LogP contribution is 2.29. The summed E-state index contributed by atoms with van der Waals surface area (Å²) >= 11 is 0. The number of rotatable bonds is 4. The smallest absolute Gasteiger partial charge is 0.240 e. The van der Waals surface area contributed by atoms with Crippen molar-refractivity contribution < 1.29 is 17.9 Å². The minimum absolute atomic E-state index is 0.288. The third-order valence-corrected chi connectivity index (χ3v) is 5.50. The van der Waals surface area contributed by atoms with E-state index in [4.69, 9.17) is 9.47 Å². The van der Waals surface area contributed by atoms with Gasteiger partial charge < -0.3 is 9.47 Å². The molecule has 1 atom stereocenters. The number of nitrogens with one attached hydrogen (secondary N) is 1. The molecule has 1 heterocycles. The number of ether oxygens (including phenoxy) is 2. The van der Waals surface area contributed by atoms with Crippen molar-refractivity contribution in [3.63, 3.8) is 0 Å². The lowest BCUT2D eigenvalue weighted by atomic mass is 10.0. The van der Waals surface area contributed by atoms with Crippen LogP contribution in [0.15, 0.2) is 41.3 Å². The van der Waals surface area contributed by atoms with Crippen LogP contribution in [0.4, 0.5) is 0 Å². The maximum atomic E-state index is 12.6. The van der Waals surface area contributed by atoms with Crippen LogP contribution in [0, 0.1) is 13.8 Å². The predicted octanol–water partition coefficient (Wildman–Crippen LogP) is 2.59. The molecule has 1 aliphatic heterocycles. The summed E-state index contributed by atoms with van der Waals surface area (Å²) in [4.78, 5) is 0.288. The molecule has 0 fully saturated rings. The van der Waals surface area contributed by atoms with Crippen molar-refractivity contribution in [2.24, 2.45) is 0 Å². The zero-order valence-electron chi connectivity index (χ0n) is 14.0. The Morgan fingerprint density at radius 1 is 1.12 bits per heavy atom. The highest BCUT2D eigenvalue weighted by Gasteiger charge is 2.26. The second-order valence-corrected chi connectivity index (χ2v) is 7.84. The molecule has 2 aromatic rings. The molecule has 5 nitrogen and oxygen atoms in total. The highest BCUT2D eigenvalue weighted by molar-refractivity contribution is 7.89. The predicted molar refractivity (Wildman–Crippen MR) is 92.2 cm³/mol. The molecule has 0 aromatic heterocycles. The Bertz CT molecular complexity index is 841. The van der Waals surface area contributed by atoms with Gasteiger partial charge in [-0.25, -0.2) is 13.1 Å². The minimum atomic E-state index is -3.58. The van der Waals surface area contributed by atoms with Crippen LogP contribution in [-0.2, 0) is 16.4 Å². The first-order valence-electron chi connectivity index (χ1n) is 7.78. The van der Waals surface area contributed by atoms with Crippen molar-refractivity contribution in [1.29, 1.82) is 0 Å². The Balaban J connectivity index is 1.81. The third kappa shape index (κ3) is 3.55. The number of fused-ring (bicyclic) bond motifs is 1. The molecule has 128 valence electrons. The van der Waals surface area contributed by atoms with Crippen molar-refractivity contribution in [3.8, 4) is 11.5 Å². The maximum absolute atomic E-state index is 12.6. The molecule has 0 spiro atoms. The van der Waals surface area contributed by atoms with Gasteiger partial charge in [0.25, 0.3) is 0 Å². The number of aryl methyl sites for hydroxylation is 2. The molecule has 0 bridgehead atoms. The Hall–Kier alpha value is -2.05. The van der Waals surface area contributed by atoms with Gasteiger partial charge in [0, 0.05) is 0 Å². The number of sulfonamides is 1. The lowest BCUT2D eigenvalue weighted by molar-refractivity contribution is 0.253. The Morgan fingerprint density at radius 2 is 1.83 bits per heavy atom. The van der Waals surface area contributed by atoms with Crippen LogP contribution in [0.1, 0.15) is 16.7 Å². The van der Waals surface area contributed by atoms with Crippen molar-refractivity contribution in [3.05, 3.63) is 53.1 Å². The molecule has 0 saturated heterocycles. The third-order valence-electron chi connectivity index (χ3n) is 4.00. The van der Waals surface area contributed by atoms with E-state index in [-0.39, 0.29) is 10.9 Å². The standard InChI is InChI=1S/C18H21NO4S/c1-12-6-13(2)8-17(7-12)24(20,21)19-15-9-14-10-16(22-3)4-5-18(14)23-11-15/h4-8,10,15,19H,9,11H2,1-3H3. The molecular formula is C18H21NO4S. The van der Waals surface area contributed by atoms with Crippen LogP contribution < -0.4 is 14.2 Å². The fourth-order valence-corrected chi connectivity index (χ4v) is 4.36. The van der Waals surface area contributed by atoms with Crippen molar-refractivity contribution in [2.75, 3.05) is 13.7 Å². The maximum Gasteiger partial charge on any atom is 0.240 e. The summed E-state index contributed by atoms with van der Waals surface area (Å²) in [6.45, 7) is 4.08. The van der Waals surface area contributed by atoms with Gasteiger partial charge in [0.05, 0.1) is 18.0 Å². The molecule has 6 heteroatoms. The summed E-state index contributed by atoms with van der Waals surface area (Å²) in [7, 11) is -1.98. The van der Waals surface area contributed by atoms with Gasteiger partial charge in [-0.15, -0.1) is 0 Å². The van der Waals surface area contributed by atoms with Crippen molar-refractivity contribution in [2.45, 2.75) is 31.2 Å². The Kier molecular flexibility index (Phi) is 4.51. The van der Waals surface area contributed by atoms with Gasteiger partial charge in [-0.05, 0) is 67.3 Å². The number of methoxy groups -OCH3 is 1. The number of benzene rings is 2. The molecule has 1 unspecified atom stereocenters. The van der Waals surface area contributed by atoms with Gasteiger partial charge in [-0.3, -0.25) is 0 Å². The Labute approximate surface area is 142 Å². The SMILES string of the molecule is COc1ccc2c(c1)CC(NS(=O)(=O)c1cc(C)cc(C)c1)CO2. The van der Waals surface area contributed by atoms with Gasteiger partial charge >= 0.3 is 0 Å². The first-order chi connectivity index (χ1) is 11.4. The summed E-state index contributed by atoms with van der Waals surface area (Å²) in [6, 6.07) is 10.6. The first kappa shape index (κ1) is 16.8. The van der Waals surface area contributed by atoms with Crippen molar-refractivity contribution in [1.82, 2.24) is 4.72 Å². The summed E-state index contributed by atoms with van der Waals surface area (Å²) in [5.41, 5.74) is 2.78. The quantitative estimate of drug-likeness (QED) is 0.923. The molecule has 0 saturated carbocycles. The zero-order valence-corrected chi connectivity index (χ0v) is 14.8. The van der Waals surface area contributed by atoms with Gasteiger partial charge in [0.15, 0.2) is 0 Å². The van der Waals surface area contributed by atoms with E-state index < -0.39 is 10.0 Å². The molecule has 0 radical (unpaired) electrons. The molecule has 3 rings (SSSR count). The molecule has 2 aromatic carbocycles. The van der Waals surface area contributed by atoms with Crippen LogP contribution in [0.2, 0.25) is 0 Å². The van der Waals surface area contributed by atoms with Gasteiger partial charge in [0.2, 0.25) is 10.0 Å². The van der Waals surface area contributed by atoms with Crippen LogP contribution in [0.5, 0.6) is 11.5 Å². The van der Waals surface area contributed by atoms with E-state index in [2.05, 4.69) is 4.72 Å². The second-order valence-electron chi connectivity index (χ2n) is 6.13. The zero-order chi connectivity index (χ0) is 17.3. The largest absolute Gasteiger partial charge is 0.497 e. The molecule has 24 heavy (non-hydrogen) atoms. The van der Waals surface area contributed by atoms with E-state index in [1.807, 2.05) is 38.1 Å². The average Bonchev–Trinajstić information content (AvgIpc) is 2.53. The van der Waals surface area contributed by atoms with Crippen LogP contribution >= 0.6 is 0 Å². The second kappa shape index (κ2) is 6.45. The average molecular weight is 347 g/mol. The summed E-state index contributed by atoms with van der Waals surface area (Å²) in [5, 5.41) is 0. The molecule has 1 aliphatic rings. The van der Waals surface area contributed by atoms with Crippen LogP contribution in [-0.4, -0.2) is 28.2 Å². The lowest BCUT2D eigenvalue weighted by Gasteiger charge is -2.26. The van der Waals surface area contributed by atoms with E-state index >= 15 is 0 Å². The molecular weight excluding hydrogens is 326 g/mol.